The van der Waals surface area contributed by atoms with E-state index in [2.05, 4.69) is 50.8 Å². The number of thiophene rings is 1. The second kappa shape index (κ2) is 12.6. The highest BCUT2D eigenvalue weighted by Crippen LogP contribution is 2.78. The van der Waals surface area contributed by atoms with Gasteiger partial charge in [0.2, 0.25) is 0 Å². The van der Waals surface area contributed by atoms with Gasteiger partial charge in [0.05, 0.1) is 35.9 Å². The second-order valence-corrected chi connectivity index (χ2v) is 17.7. The molecule has 7 heteroatoms. The van der Waals surface area contributed by atoms with Gasteiger partial charge >= 0.3 is 0 Å². The number of ketones is 1. The third-order valence-corrected chi connectivity index (χ3v) is 14.8. The number of carbonyl (C=O) groups is 1. The minimum atomic E-state index is -0.950. The lowest BCUT2D eigenvalue weighted by atomic mass is 9.32. The van der Waals surface area contributed by atoms with Crippen LogP contribution in [0, 0.1) is 40.4 Å². The van der Waals surface area contributed by atoms with Gasteiger partial charge in [-0.3, -0.25) is 9.69 Å². The Kier molecular flexibility index (Phi) is 8.99. The summed E-state index contributed by atoms with van der Waals surface area (Å²) in [7, 11) is 0. The number of benzene rings is 1. The van der Waals surface area contributed by atoms with E-state index in [1.807, 2.05) is 42.5 Å². The Bertz CT molecular complexity index is 1570. The molecule has 2 spiro atoms. The van der Waals surface area contributed by atoms with Crippen molar-refractivity contribution in [3.05, 3.63) is 81.6 Å². The molecule has 1 aromatic carbocycles. The number of rotatable bonds is 12. The summed E-state index contributed by atoms with van der Waals surface area (Å²) in [4.78, 5) is 18.8. The van der Waals surface area contributed by atoms with Crippen LogP contribution >= 0.6 is 11.3 Å². The minimum Gasteiger partial charge on any atom is -0.393 e. The Balaban J connectivity index is 1.18. The number of carbonyl (C=O) groups excluding carboxylic acids is 1. The quantitative estimate of drug-likeness (QED) is 0.164. The lowest BCUT2D eigenvalue weighted by Crippen LogP contribution is -2.67. The van der Waals surface area contributed by atoms with Gasteiger partial charge in [-0.25, -0.2) is 0 Å². The molecule has 9 unspecified atom stereocenters. The molecule has 260 valence electrons. The van der Waals surface area contributed by atoms with Crippen LogP contribution in [-0.4, -0.2) is 70.1 Å². The Morgan fingerprint density at radius 2 is 1.75 bits per heavy atom. The monoisotopic (exact) mass is 673 g/mol. The van der Waals surface area contributed by atoms with Crippen LogP contribution in [0.25, 0.3) is 0 Å². The molecule has 2 aromatic rings. The van der Waals surface area contributed by atoms with Crippen LogP contribution < -0.4 is 0 Å². The fraction of sp³-hybridized carbons (Fsp3) is 0.634. The van der Waals surface area contributed by atoms with Crippen LogP contribution in [0.1, 0.15) is 92.3 Å². The summed E-state index contributed by atoms with van der Waals surface area (Å²) < 4.78 is 5.88. The van der Waals surface area contributed by atoms with E-state index >= 15 is 0 Å². The summed E-state index contributed by atoms with van der Waals surface area (Å²) in [5.74, 6) is 0.531. The maximum atomic E-state index is 14.7. The third kappa shape index (κ3) is 5.25. The Morgan fingerprint density at radius 1 is 1.02 bits per heavy atom. The molecule has 3 saturated carbocycles. The van der Waals surface area contributed by atoms with E-state index < -0.39 is 22.5 Å². The Labute approximate surface area is 290 Å². The van der Waals surface area contributed by atoms with Crippen molar-refractivity contribution in [3.8, 4) is 0 Å². The Hall–Kier alpha value is -2.13. The van der Waals surface area contributed by atoms with E-state index in [1.54, 1.807) is 11.3 Å². The normalized spacial score (nSPS) is 38.8. The summed E-state index contributed by atoms with van der Waals surface area (Å²) in [5, 5.41) is 34.9. The maximum Gasteiger partial charge on any atom is 0.199 e. The predicted molar refractivity (Wildman–Crippen MR) is 191 cm³/mol. The summed E-state index contributed by atoms with van der Waals surface area (Å²) >= 11 is 1.57. The highest BCUT2D eigenvalue weighted by Gasteiger charge is 2.74. The second-order valence-electron chi connectivity index (χ2n) is 16.4. The molecular weight excluding hydrogens is 619 g/mol. The average Bonchev–Trinajstić information content (AvgIpc) is 3.61. The molecule has 0 amide bonds. The molecule has 0 aliphatic heterocycles. The van der Waals surface area contributed by atoms with E-state index in [0.29, 0.717) is 32.5 Å². The fourth-order valence-corrected chi connectivity index (χ4v) is 12.3. The number of nitrogens with zero attached hydrogens (tertiary/aromatic N) is 1. The van der Waals surface area contributed by atoms with Crippen molar-refractivity contribution in [1.29, 1.82) is 0 Å². The SMILES string of the molecule is CCCN(CC(O)COCc1ccccc1)CC1(O)CCC2C34C=CC5(C=C3C(=O)c3ccc(C)s3)CC(O)CCC5(C)C4CCC21C. The van der Waals surface area contributed by atoms with E-state index in [1.165, 1.54) is 0 Å². The van der Waals surface area contributed by atoms with Gasteiger partial charge in [0.25, 0.3) is 0 Å². The zero-order valence-corrected chi connectivity index (χ0v) is 30.1. The molecule has 2 bridgehead atoms. The van der Waals surface area contributed by atoms with Gasteiger partial charge in [0.15, 0.2) is 5.78 Å². The fourth-order valence-electron chi connectivity index (χ4n) is 11.4. The average molecular weight is 674 g/mol. The van der Waals surface area contributed by atoms with Crippen LogP contribution in [0.5, 0.6) is 0 Å². The van der Waals surface area contributed by atoms with E-state index in [9.17, 15) is 20.1 Å². The first kappa shape index (κ1) is 34.3. The van der Waals surface area contributed by atoms with Gasteiger partial charge in [-0.15, -0.1) is 11.3 Å². The van der Waals surface area contributed by atoms with Gasteiger partial charge in [-0.1, -0.05) is 69.3 Å². The maximum absolute atomic E-state index is 14.7. The van der Waals surface area contributed by atoms with Crippen molar-refractivity contribution in [1.82, 2.24) is 4.90 Å². The molecule has 3 N–H and O–H groups in total. The van der Waals surface area contributed by atoms with Crippen LogP contribution in [0.3, 0.4) is 0 Å². The molecule has 1 aromatic heterocycles. The predicted octanol–water partition coefficient (Wildman–Crippen LogP) is 7.12. The van der Waals surface area contributed by atoms with Crippen molar-refractivity contribution in [3.63, 3.8) is 0 Å². The van der Waals surface area contributed by atoms with E-state index in [-0.39, 0.29) is 41.2 Å². The van der Waals surface area contributed by atoms with Gasteiger partial charge in [-0.2, -0.15) is 0 Å². The molecule has 1 heterocycles. The zero-order valence-electron chi connectivity index (χ0n) is 29.3. The lowest BCUT2D eigenvalue weighted by Gasteiger charge is -2.71. The van der Waals surface area contributed by atoms with Crippen LogP contribution in [0.15, 0.2) is 66.3 Å². The molecule has 6 aliphatic carbocycles. The summed E-state index contributed by atoms with van der Waals surface area (Å²) in [5.41, 5.74) is -0.175. The third-order valence-electron chi connectivity index (χ3n) is 13.8. The van der Waals surface area contributed by atoms with E-state index in [0.717, 1.165) is 66.0 Å². The largest absolute Gasteiger partial charge is 0.393 e. The van der Waals surface area contributed by atoms with Gasteiger partial charge in [0, 0.05) is 39.8 Å². The zero-order chi connectivity index (χ0) is 34.0. The number of hydrogen-bond donors (Lipinski definition) is 3. The first-order chi connectivity index (χ1) is 22.9. The standard InChI is InChI=1S/C41H55NO5S/c1-5-21-42(24-31(44)26-47-25-29-9-7-6-8-10-29)27-40(46)18-15-35-38(40,4)17-14-34-37(3)16-13-30(43)22-39(37)19-20-41(34,35)32(23-39)36(45)33-12-11-28(2)48-33/h6-12,19-20,23,30-31,34-35,43-44,46H,5,13-18,21-22,24-27H2,1-4H3. The summed E-state index contributed by atoms with van der Waals surface area (Å²) in [6, 6.07) is 14.0. The molecule has 6 nitrogen and oxygen atoms in total. The minimum absolute atomic E-state index is 0.0454. The van der Waals surface area contributed by atoms with Crippen LogP contribution in [0.2, 0.25) is 0 Å². The smallest absolute Gasteiger partial charge is 0.199 e. The molecule has 0 radical (unpaired) electrons. The van der Waals surface area contributed by atoms with Gasteiger partial charge in [-0.05, 0) is 99.8 Å². The highest BCUT2D eigenvalue weighted by atomic mass is 32.1. The number of Topliss-reactive ketones (excluding diaryl/α,β-unsaturated/α-hetero) is 1. The van der Waals surface area contributed by atoms with Crippen molar-refractivity contribution in [2.45, 2.75) is 103 Å². The number of fused-ring (bicyclic) bond motifs is 1. The number of aliphatic hydroxyl groups is 3. The van der Waals surface area contributed by atoms with Gasteiger partial charge < -0.3 is 20.1 Å². The molecule has 48 heavy (non-hydrogen) atoms. The number of hydrogen-bond acceptors (Lipinski definition) is 7. The van der Waals surface area contributed by atoms with Gasteiger partial charge in [0.1, 0.15) is 0 Å². The topological polar surface area (TPSA) is 90.2 Å². The van der Waals surface area contributed by atoms with Crippen molar-refractivity contribution < 1.29 is 24.9 Å². The van der Waals surface area contributed by atoms with Crippen LogP contribution in [0.4, 0.5) is 0 Å². The summed E-state index contributed by atoms with van der Waals surface area (Å²) in [6.45, 7) is 11.4. The number of ether oxygens (including phenoxy) is 1. The first-order valence-corrected chi connectivity index (χ1v) is 19.2. The van der Waals surface area contributed by atoms with Crippen molar-refractivity contribution in [2.24, 2.45) is 33.5 Å². The number of aryl methyl sites for hydroxylation is 1. The molecule has 9 atom stereocenters. The highest BCUT2D eigenvalue weighted by molar-refractivity contribution is 7.14. The van der Waals surface area contributed by atoms with Crippen molar-refractivity contribution >= 4 is 17.1 Å². The molecular formula is C41H55NO5S. The number of aliphatic hydroxyl groups excluding tert-OH is 2. The lowest BCUT2D eigenvalue weighted by molar-refractivity contribution is -0.177. The number of allylic oxidation sites excluding steroid dienone is 4. The summed E-state index contributed by atoms with van der Waals surface area (Å²) in [6.07, 6.45) is 12.8. The molecule has 8 rings (SSSR count). The first-order valence-electron chi connectivity index (χ1n) is 18.4. The molecule has 6 aliphatic rings. The van der Waals surface area contributed by atoms with Crippen LogP contribution in [-0.2, 0) is 11.3 Å². The van der Waals surface area contributed by atoms with Crippen molar-refractivity contribution in [2.75, 3.05) is 26.2 Å². The molecule has 0 saturated heterocycles. The molecule has 3 fully saturated rings. The van der Waals surface area contributed by atoms with E-state index in [4.69, 9.17) is 4.74 Å². The Morgan fingerprint density at radius 3 is 2.48 bits per heavy atom.